The SMILES string of the molecule is CCCCCCCCCCOC(=O)C(C)(C)C(=O)OC1CCC(c2ccc(OC)cc2)CC1. The van der Waals surface area contributed by atoms with Gasteiger partial charge in [0.05, 0.1) is 13.7 Å². The van der Waals surface area contributed by atoms with Crippen LogP contribution in [0.3, 0.4) is 0 Å². The van der Waals surface area contributed by atoms with Gasteiger partial charge in [-0.15, -0.1) is 0 Å². The van der Waals surface area contributed by atoms with E-state index in [9.17, 15) is 9.59 Å². The molecule has 2 rings (SSSR count). The van der Waals surface area contributed by atoms with Crippen LogP contribution in [0.1, 0.15) is 109 Å². The van der Waals surface area contributed by atoms with Gasteiger partial charge in [0.2, 0.25) is 0 Å². The molecule has 186 valence electrons. The van der Waals surface area contributed by atoms with Crippen molar-refractivity contribution in [1.29, 1.82) is 0 Å². The third-order valence-electron chi connectivity index (χ3n) is 6.79. The van der Waals surface area contributed by atoms with Gasteiger partial charge in [0, 0.05) is 0 Å². The first-order valence-corrected chi connectivity index (χ1v) is 12.9. The summed E-state index contributed by atoms with van der Waals surface area (Å²) in [4.78, 5) is 25.2. The second kappa shape index (κ2) is 14.3. The molecule has 0 N–H and O–H groups in total. The molecule has 5 nitrogen and oxygen atoms in total. The van der Waals surface area contributed by atoms with E-state index in [0.29, 0.717) is 12.5 Å². The van der Waals surface area contributed by atoms with Gasteiger partial charge < -0.3 is 14.2 Å². The predicted octanol–water partition coefficient (Wildman–Crippen LogP) is 6.97. The Balaban J connectivity index is 1.66. The zero-order valence-corrected chi connectivity index (χ0v) is 21.2. The molecule has 1 aliphatic rings. The van der Waals surface area contributed by atoms with E-state index in [4.69, 9.17) is 14.2 Å². The average molecular weight is 461 g/mol. The molecule has 1 aromatic rings. The van der Waals surface area contributed by atoms with Crippen LogP contribution in [0.4, 0.5) is 0 Å². The summed E-state index contributed by atoms with van der Waals surface area (Å²) in [7, 11) is 1.67. The van der Waals surface area contributed by atoms with Crippen LogP contribution < -0.4 is 4.74 Å². The highest BCUT2D eigenvalue weighted by Crippen LogP contribution is 2.35. The molecule has 5 heteroatoms. The quantitative estimate of drug-likeness (QED) is 0.170. The van der Waals surface area contributed by atoms with Crippen molar-refractivity contribution in [1.82, 2.24) is 0 Å². The van der Waals surface area contributed by atoms with Crippen LogP contribution in [0.15, 0.2) is 24.3 Å². The van der Waals surface area contributed by atoms with E-state index in [1.165, 1.54) is 44.1 Å². The number of esters is 2. The van der Waals surface area contributed by atoms with Crippen molar-refractivity contribution in [2.24, 2.45) is 5.41 Å². The lowest BCUT2D eigenvalue weighted by molar-refractivity contribution is -0.174. The van der Waals surface area contributed by atoms with E-state index in [1.54, 1.807) is 21.0 Å². The zero-order chi connectivity index (χ0) is 24.1. The van der Waals surface area contributed by atoms with Crippen molar-refractivity contribution in [2.75, 3.05) is 13.7 Å². The molecule has 33 heavy (non-hydrogen) atoms. The second-order valence-electron chi connectivity index (χ2n) is 9.89. The Morgan fingerprint density at radius 2 is 1.42 bits per heavy atom. The molecule has 0 saturated heterocycles. The van der Waals surface area contributed by atoms with Gasteiger partial charge in [-0.05, 0) is 69.6 Å². The lowest BCUT2D eigenvalue weighted by atomic mass is 9.82. The van der Waals surface area contributed by atoms with Crippen LogP contribution in [-0.2, 0) is 19.1 Å². The minimum Gasteiger partial charge on any atom is -0.497 e. The highest BCUT2D eigenvalue weighted by atomic mass is 16.6. The van der Waals surface area contributed by atoms with Crippen LogP contribution in [0.25, 0.3) is 0 Å². The summed E-state index contributed by atoms with van der Waals surface area (Å²) >= 11 is 0. The van der Waals surface area contributed by atoms with E-state index < -0.39 is 17.4 Å². The monoisotopic (exact) mass is 460 g/mol. The number of unbranched alkanes of at least 4 members (excludes halogenated alkanes) is 7. The minimum atomic E-state index is -1.27. The van der Waals surface area contributed by atoms with E-state index in [1.807, 2.05) is 12.1 Å². The van der Waals surface area contributed by atoms with Crippen molar-refractivity contribution in [3.05, 3.63) is 29.8 Å². The fourth-order valence-corrected chi connectivity index (χ4v) is 4.35. The summed E-state index contributed by atoms with van der Waals surface area (Å²) in [6.07, 6.45) is 12.9. The Kier molecular flexibility index (Phi) is 11.8. The summed E-state index contributed by atoms with van der Waals surface area (Å²) in [5.41, 5.74) is 0.0259. The molecule has 0 aromatic heterocycles. The van der Waals surface area contributed by atoms with Gasteiger partial charge in [-0.25, -0.2) is 0 Å². The third-order valence-corrected chi connectivity index (χ3v) is 6.79. The Morgan fingerprint density at radius 1 is 0.848 bits per heavy atom. The largest absolute Gasteiger partial charge is 0.497 e. The molecular formula is C28H44O5. The zero-order valence-electron chi connectivity index (χ0n) is 21.2. The number of carbonyl (C=O) groups excluding carboxylic acids is 2. The topological polar surface area (TPSA) is 61.8 Å². The number of methoxy groups -OCH3 is 1. The van der Waals surface area contributed by atoms with Gasteiger partial charge in [0.1, 0.15) is 11.9 Å². The van der Waals surface area contributed by atoms with E-state index >= 15 is 0 Å². The molecule has 0 spiro atoms. The Morgan fingerprint density at radius 3 is 2.00 bits per heavy atom. The molecule has 1 fully saturated rings. The number of benzene rings is 1. The molecule has 1 aliphatic carbocycles. The number of rotatable bonds is 14. The van der Waals surface area contributed by atoms with Crippen molar-refractivity contribution in [3.8, 4) is 5.75 Å². The summed E-state index contributed by atoms with van der Waals surface area (Å²) in [5, 5.41) is 0. The summed E-state index contributed by atoms with van der Waals surface area (Å²) in [6, 6.07) is 8.20. The first kappa shape index (κ1) is 27.2. The molecular weight excluding hydrogens is 416 g/mol. The number of hydrogen-bond acceptors (Lipinski definition) is 5. The van der Waals surface area contributed by atoms with Crippen molar-refractivity contribution >= 4 is 11.9 Å². The first-order valence-electron chi connectivity index (χ1n) is 12.9. The Labute approximate surface area is 200 Å². The van der Waals surface area contributed by atoms with Gasteiger partial charge in [-0.1, -0.05) is 64.0 Å². The number of ether oxygens (including phenoxy) is 3. The average Bonchev–Trinajstić information content (AvgIpc) is 2.83. The molecule has 1 saturated carbocycles. The van der Waals surface area contributed by atoms with Crippen LogP contribution in [0.5, 0.6) is 5.75 Å². The van der Waals surface area contributed by atoms with Crippen molar-refractivity contribution < 1.29 is 23.8 Å². The van der Waals surface area contributed by atoms with Crippen LogP contribution >= 0.6 is 0 Å². The van der Waals surface area contributed by atoms with E-state index in [-0.39, 0.29) is 6.10 Å². The van der Waals surface area contributed by atoms with Gasteiger partial charge in [-0.2, -0.15) is 0 Å². The Hall–Kier alpha value is -2.04. The van der Waals surface area contributed by atoms with Crippen LogP contribution in [0.2, 0.25) is 0 Å². The third kappa shape index (κ3) is 9.02. The molecule has 0 aliphatic heterocycles. The maximum absolute atomic E-state index is 12.7. The van der Waals surface area contributed by atoms with Gasteiger partial charge in [-0.3, -0.25) is 9.59 Å². The number of hydrogen-bond donors (Lipinski definition) is 0. The van der Waals surface area contributed by atoms with Crippen molar-refractivity contribution in [2.45, 2.75) is 110 Å². The summed E-state index contributed by atoms with van der Waals surface area (Å²) in [6.45, 7) is 5.81. The standard InChI is InChI=1S/C28H44O5/c1-5-6-7-8-9-10-11-12-21-32-26(29)28(2,3)27(30)33-25-19-15-23(16-20-25)22-13-17-24(31-4)18-14-22/h13-14,17-18,23,25H,5-12,15-16,19-21H2,1-4H3. The normalized spacial score (nSPS) is 18.5. The highest BCUT2D eigenvalue weighted by molar-refractivity contribution is 5.99. The molecule has 0 radical (unpaired) electrons. The van der Waals surface area contributed by atoms with Crippen LogP contribution in [-0.4, -0.2) is 31.8 Å². The van der Waals surface area contributed by atoms with Gasteiger partial charge in [0.15, 0.2) is 5.41 Å². The molecule has 1 aromatic carbocycles. The van der Waals surface area contributed by atoms with Gasteiger partial charge in [0.25, 0.3) is 0 Å². The maximum atomic E-state index is 12.7. The minimum absolute atomic E-state index is 0.133. The number of carbonyl (C=O) groups is 2. The summed E-state index contributed by atoms with van der Waals surface area (Å²) < 4.78 is 16.4. The fourth-order valence-electron chi connectivity index (χ4n) is 4.35. The van der Waals surface area contributed by atoms with Crippen molar-refractivity contribution in [3.63, 3.8) is 0 Å². The molecule has 0 atom stereocenters. The van der Waals surface area contributed by atoms with Crippen LogP contribution in [0, 0.1) is 5.41 Å². The van der Waals surface area contributed by atoms with E-state index in [0.717, 1.165) is 44.3 Å². The molecule has 0 bridgehead atoms. The Bertz CT molecular complexity index is 702. The predicted molar refractivity (Wildman–Crippen MR) is 131 cm³/mol. The lowest BCUT2D eigenvalue weighted by Crippen LogP contribution is -2.39. The molecule has 0 unspecified atom stereocenters. The molecule has 0 heterocycles. The van der Waals surface area contributed by atoms with Gasteiger partial charge >= 0.3 is 11.9 Å². The first-order chi connectivity index (χ1) is 15.9. The molecule has 0 amide bonds. The highest BCUT2D eigenvalue weighted by Gasteiger charge is 2.41. The lowest BCUT2D eigenvalue weighted by Gasteiger charge is -2.31. The fraction of sp³-hybridized carbons (Fsp3) is 0.714. The smallest absolute Gasteiger partial charge is 0.323 e. The summed E-state index contributed by atoms with van der Waals surface area (Å²) in [5.74, 6) is 0.368. The second-order valence-corrected chi connectivity index (χ2v) is 9.89. The van der Waals surface area contributed by atoms with E-state index in [2.05, 4.69) is 19.1 Å². The maximum Gasteiger partial charge on any atom is 0.323 e.